The molecule has 1 aromatic rings. The third kappa shape index (κ3) is 3.53. The summed E-state index contributed by atoms with van der Waals surface area (Å²) in [6.07, 6.45) is 6.18. The van der Waals surface area contributed by atoms with Gasteiger partial charge in [0.25, 0.3) is 0 Å². The fourth-order valence-electron chi connectivity index (χ4n) is 2.57. The lowest BCUT2D eigenvalue weighted by Crippen LogP contribution is -2.31. The van der Waals surface area contributed by atoms with E-state index in [4.69, 9.17) is 10.5 Å². The van der Waals surface area contributed by atoms with Gasteiger partial charge in [0.05, 0.1) is 12.2 Å². The molecule has 100 valence electrons. The second-order valence-corrected chi connectivity index (χ2v) is 5.23. The molecule has 0 radical (unpaired) electrons. The van der Waals surface area contributed by atoms with E-state index in [1.54, 1.807) is 12.1 Å². The lowest BCUT2D eigenvalue weighted by Gasteiger charge is -2.30. The highest BCUT2D eigenvalue weighted by molar-refractivity contribution is 5.20. The third-order valence-electron chi connectivity index (χ3n) is 3.57. The van der Waals surface area contributed by atoms with Crippen LogP contribution < -0.4 is 5.73 Å². The van der Waals surface area contributed by atoms with E-state index in [1.165, 1.54) is 31.4 Å². The van der Waals surface area contributed by atoms with Crippen LogP contribution >= 0.6 is 0 Å². The number of ether oxygens (including phenoxy) is 1. The van der Waals surface area contributed by atoms with Crippen molar-refractivity contribution in [3.8, 4) is 0 Å². The highest BCUT2D eigenvalue weighted by Crippen LogP contribution is 2.28. The Balaban J connectivity index is 2.05. The van der Waals surface area contributed by atoms with Gasteiger partial charge in [0.1, 0.15) is 5.82 Å². The minimum Gasteiger partial charge on any atom is -0.369 e. The van der Waals surface area contributed by atoms with Gasteiger partial charge in [-0.2, -0.15) is 0 Å². The molecule has 2 N–H and O–H groups in total. The largest absolute Gasteiger partial charge is 0.369 e. The van der Waals surface area contributed by atoms with Gasteiger partial charge >= 0.3 is 0 Å². The molecular formula is C15H22FNO. The van der Waals surface area contributed by atoms with Gasteiger partial charge in [-0.25, -0.2) is 4.39 Å². The summed E-state index contributed by atoms with van der Waals surface area (Å²) in [5.41, 5.74) is 6.97. The summed E-state index contributed by atoms with van der Waals surface area (Å²) >= 11 is 0. The number of nitrogens with two attached hydrogens (primary N) is 1. The zero-order chi connectivity index (χ0) is 13.0. The van der Waals surface area contributed by atoms with E-state index >= 15 is 0 Å². The SMILES string of the molecule is CC(N)C(OC1CCCCC1)c1ccc(F)cc1. The van der Waals surface area contributed by atoms with Crippen molar-refractivity contribution < 1.29 is 9.13 Å². The van der Waals surface area contributed by atoms with Gasteiger partial charge in [0.15, 0.2) is 0 Å². The van der Waals surface area contributed by atoms with Crippen molar-refractivity contribution in [1.82, 2.24) is 0 Å². The smallest absolute Gasteiger partial charge is 0.123 e. The zero-order valence-electron chi connectivity index (χ0n) is 10.9. The molecule has 1 saturated carbocycles. The van der Waals surface area contributed by atoms with Crippen LogP contribution in [0, 0.1) is 5.82 Å². The molecule has 0 heterocycles. The molecule has 0 bridgehead atoms. The van der Waals surface area contributed by atoms with Gasteiger partial charge in [0.2, 0.25) is 0 Å². The predicted molar refractivity (Wildman–Crippen MR) is 70.7 cm³/mol. The van der Waals surface area contributed by atoms with Crippen LogP contribution in [0.4, 0.5) is 4.39 Å². The van der Waals surface area contributed by atoms with Gasteiger partial charge in [-0.15, -0.1) is 0 Å². The molecule has 2 rings (SSSR count). The molecule has 1 aliphatic carbocycles. The highest BCUT2D eigenvalue weighted by atomic mass is 19.1. The molecule has 3 heteroatoms. The predicted octanol–water partition coefficient (Wildman–Crippen LogP) is 3.56. The third-order valence-corrected chi connectivity index (χ3v) is 3.57. The van der Waals surface area contributed by atoms with Crippen LogP contribution in [0.3, 0.4) is 0 Å². The average molecular weight is 251 g/mol. The standard InChI is InChI=1S/C15H22FNO/c1-11(17)15(12-7-9-13(16)10-8-12)18-14-5-3-2-4-6-14/h7-11,14-15H,2-6,17H2,1H3. The highest BCUT2D eigenvalue weighted by Gasteiger charge is 2.23. The second kappa shape index (κ2) is 6.30. The maximum Gasteiger partial charge on any atom is 0.123 e. The van der Waals surface area contributed by atoms with Gasteiger partial charge in [-0.3, -0.25) is 0 Å². The maximum absolute atomic E-state index is 12.9. The minimum absolute atomic E-state index is 0.0858. The Hall–Kier alpha value is -0.930. The van der Waals surface area contributed by atoms with Crippen molar-refractivity contribution in [2.75, 3.05) is 0 Å². The van der Waals surface area contributed by atoms with E-state index < -0.39 is 0 Å². The van der Waals surface area contributed by atoms with Crippen molar-refractivity contribution >= 4 is 0 Å². The van der Waals surface area contributed by atoms with Crippen molar-refractivity contribution in [1.29, 1.82) is 0 Å². The van der Waals surface area contributed by atoms with Crippen LogP contribution in [0.1, 0.15) is 50.7 Å². The van der Waals surface area contributed by atoms with Gasteiger partial charge < -0.3 is 10.5 Å². The molecule has 2 unspecified atom stereocenters. The molecule has 0 aliphatic heterocycles. The molecule has 0 amide bonds. The molecule has 1 fully saturated rings. The van der Waals surface area contributed by atoms with Gasteiger partial charge in [0, 0.05) is 6.04 Å². The molecule has 0 spiro atoms. The Morgan fingerprint density at radius 2 is 1.78 bits per heavy atom. The van der Waals surface area contributed by atoms with Crippen LogP contribution in [0.25, 0.3) is 0 Å². The summed E-state index contributed by atoms with van der Waals surface area (Å²) in [4.78, 5) is 0. The lowest BCUT2D eigenvalue weighted by atomic mass is 9.96. The summed E-state index contributed by atoms with van der Waals surface area (Å²) in [6, 6.07) is 6.39. The number of halogens is 1. The minimum atomic E-state index is -0.222. The Bertz CT molecular complexity index is 357. The Morgan fingerprint density at radius 3 is 2.33 bits per heavy atom. The van der Waals surface area contributed by atoms with E-state index in [1.807, 2.05) is 6.92 Å². The van der Waals surface area contributed by atoms with E-state index in [-0.39, 0.29) is 18.0 Å². The first-order valence-electron chi connectivity index (χ1n) is 6.83. The quantitative estimate of drug-likeness (QED) is 0.888. The van der Waals surface area contributed by atoms with Crippen LogP contribution in [0.5, 0.6) is 0 Å². The molecule has 0 saturated heterocycles. The fraction of sp³-hybridized carbons (Fsp3) is 0.600. The Kier molecular flexibility index (Phi) is 4.72. The first kappa shape index (κ1) is 13.5. The van der Waals surface area contributed by atoms with Crippen molar-refractivity contribution in [2.24, 2.45) is 5.73 Å². The molecular weight excluding hydrogens is 229 g/mol. The second-order valence-electron chi connectivity index (χ2n) is 5.23. The zero-order valence-corrected chi connectivity index (χ0v) is 10.9. The lowest BCUT2D eigenvalue weighted by molar-refractivity contribution is -0.0407. The summed E-state index contributed by atoms with van der Waals surface area (Å²) < 4.78 is 19.1. The first-order chi connectivity index (χ1) is 8.66. The number of hydrogen-bond donors (Lipinski definition) is 1. The van der Waals surface area contributed by atoms with E-state index in [0.29, 0.717) is 6.10 Å². The molecule has 2 nitrogen and oxygen atoms in total. The molecule has 1 aliphatic rings. The van der Waals surface area contributed by atoms with E-state index in [2.05, 4.69) is 0 Å². The monoisotopic (exact) mass is 251 g/mol. The van der Waals surface area contributed by atoms with Gasteiger partial charge in [-0.05, 0) is 37.5 Å². The molecule has 2 atom stereocenters. The summed E-state index contributed by atoms with van der Waals surface area (Å²) in [6.45, 7) is 1.94. The first-order valence-corrected chi connectivity index (χ1v) is 6.83. The van der Waals surface area contributed by atoms with Crippen LogP contribution in [-0.4, -0.2) is 12.1 Å². The van der Waals surface area contributed by atoms with Gasteiger partial charge in [-0.1, -0.05) is 31.4 Å². The average Bonchev–Trinajstić information content (AvgIpc) is 2.38. The summed E-state index contributed by atoms with van der Waals surface area (Å²) in [7, 11) is 0. The molecule has 1 aromatic carbocycles. The topological polar surface area (TPSA) is 35.2 Å². The Morgan fingerprint density at radius 1 is 1.17 bits per heavy atom. The summed E-state index contributed by atoms with van der Waals surface area (Å²) in [5, 5.41) is 0. The number of hydrogen-bond acceptors (Lipinski definition) is 2. The van der Waals surface area contributed by atoms with Crippen LogP contribution in [-0.2, 0) is 4.74 Å². The summed E-state index contributed by atoms with van der Waals surface area (Å²) in [5.74, 6) is -0.222. The van der Waals surface area contributed by atoms with Crippen LogP contribution in [0.15, 0.2) is 24.3 Å². The fourth-order valence-corrected chi connectivity index (χ4v) is 2.57. The maximum atomic E-state index is 12.9. The van der Waals surface area contributed by atoms with Crippen molar-refractivity contribution in [3.63, 3.8) is 0 Å². The molecule has 18 heavy (non-hydrogen) atoms. The molecule has 0 aromatic heterocycles. The van der Waals surface area contributed by atoms with Crippen molar-refractivity contribution in [2.45, 2.75) is 57.3 Å². The number of benzene rings is 1. The van der Waals surface area contributed by atoms with Crippen LogP contribution in [0.2, 0.25) is 0 Å². The van der Waals surface area contributed by atoms with E-state index in [0.717, 1.165) is 18.4 Å². The number of rotatable bonds is 4. The normalized spacial score (nSPS) is 20.6. The Labute approximate surface area is 108 Å². The van der Waals surface area contributed by atoms with Crippen molar-refractivity contribution in [3.05, 3.63) is 35.6 Å². The van der Waals surface area contributed by atoms with E-state index in [9.17, 15) is 4.39 Å².